The predicted molar refractivity (Wildman–Crippen MR) is 111 cm³/mol. The van der Waals surface area contributed by atoms with Crippen molar-refractivity contribution in [1.82, 2.24) is 0 Å². The lowest BCUT2D eigenvalue weighted by Gasteiger charge is -2.14. The number of hydrogen-bond donors (Lipinski definition) is 0. The Morgan fingerprint density at radius 2 is 1.86 bits per heavy atom. The first-order valence-electron chi connectivity index (χ1n) is 9.03. The Bertz CT molecular complexity index is 1010. The SMILES string of the molecule is Cc1ccccc1OCCC(=O)OCC(=O)/C(C#N)=C1\Sc2ccccc2N1C. The number of benzene rings is 2. The molecule has 0 unspecified atom stereocenters. The number of fused-ring (bicyclic) bond motifs is 1. The number of nitriles is 1. The summed E-state index contributed by atoms with van der Waals surface area (Å²) in [6.45, 7) is 1.60. The van der Waals surface area contributed by atoms with E-state index >= 15 is 0 Å². The number of thioether (sulfide) groups is 1. The van der Waals surface area contributed by atoms with Crippen LogP contribution in [0.1, 0.15) is 12.0 Å². The van der Waals surface area contributed by atoms with E-state index < -0.39 is 18.4 Å². The van der Waals surface area contributed by atoms with Gasteiger partial charge >= 0.3 is 5.97 Å². The smallest absolute Gasteiger partial charge is 0.309 e. The fourth-order valence-corrected chi connectivity index (χ4v) is 3.97. The number of hydrogen-bond acceptors (Lipinski definition) is 7. The van der Waals surface area contributed by atoms with Crippen molar-refractivity contribution < 1.29 is 19.1 Å². The molecule has 1 aliphatic heterocycles. The van der Waals surface area contributed by atoms with E-state index in [9.17, 15) is 14.9 Å². The first-order chi connectivity index (χ1) is 14.0. The van der Waals surface area contributed by atoms with Crippen LogP contribution in [0.5, 0.6) is 5.75 Å². The zero-order valence-electron chi connectivity index (χ0n) is 16.2. The zero-order chi connectivity index (χ0) is 20.8. The van der Waals surface area contributed by atoms with Gasteiger partial charge in [0.15, 0.2) is 6.61 Å². The Hall–Kier alpha value is -3.24. The molecule has 2 aromatic carbocycles. The Labute approximate surface area is 173 Å². The molecule has 29 heavy (non-hydrogen) atoms. The molecule has 7 heteroatoms. The highest BCUT2D eigenvalue weighted by molar-refractivity contribution is 8.03. The van der Waals surface area contributed by atoms with Crippen LogP contribution in [0, 0.1) is 18.3 Å². The van der Waals surface area contributed by atoms with Crippen molar-refractivity contribution in [2.45, 2.75) is 18.2 Å². The third-order valence-corrected chi connectivity index (χ3v) is 5.60. The standard InChI is InChI=1S/C22H20N2O4S/c1-15-7-3-5-9-19(15)27-12-11-21(26)28-14-18(25)16(13-23)22-24(2)17-8-4-6-10-20(17)29-22/h3-10H,11-12,14H2,1-2H3/b22-16-. The van der Waals surface area contributed by atoms with Crippen molar-refractivity contribution in [3.63, 3.8) is 0 Å². The fraction of sp³-hybridized carbons (Fsp3) is 0.227. The second kappa shape index (κ2) is 9.30. The second-order valence-corrected chi connectivity index (χ2v) is 7.40. The molecular formula is C22H20N2O4S. The number of anilines is 1. The Balaban J connectivity index is 1.54. The molecule has 0 fully saturated rings. The topological polar surface area (TPSA) is 79.6 Å². The van der Waals surface area contributed by atoms with Gasteiger partial charge in [0.25, 0.3) is 0 Å². The summed E-state index contributed by atoms with van der Waals surface area (Å²) in [5.74, 6) is -0.374. The first-order valence-corrected chi connectivity index (χ1v) is 9.85. The van der Waals surface area contributed by atoms with Gasteiger partial charge in [-0.2, -0.15) is 5.26 Å². The van der Waals surface area contributed by atoms with E-state index in [1.54, 1.807) is 11.9 Å². The van der Waals surface area contributed by atoms with Crippen LogP contribution in [0.4, 0.5) is 5.69 Å². The van der Waals surface area contributed by atoms with Crippen LogP contribution >= 0.6 is 11.8 Å². The third kappa shape index (κ3) is 4.79. The maximum Gasteiger partial charge on any atom is 0.309 e. The molecular weight excluding hydrogens is 388 g/mol. The van der Waals surface area contributed by atoms with E-state index in [-0.39, 0.29) is 18.6 Å². The normalized spacial score (nSPS) is 14.0. The number of rotatable bonds is 7. The number of Topliss-reactive ketones (excluding diaryl/α,β-unsaturated/α-hetero) is 1. The lowest BCUT2D eigenvalue weighted by molar-refractivity contribution is -0.147. The monoisotopic (exact) mass is 408 g/mol. The molecule has 0 N–H and O–H groups in total. The summed E-state index contributed by atoms with van der Waals surface area (Å²) in [7, 11) is 1.80. The van der Waals surface area contributed by atoms with Gasteiger partial charge in [-0.1, -0.05) is 42.1 Å². The average Bonchev–Trinajstić information content (AvgIpc) is 3.05. The fourth-order valence-electron chi connectivity index (χ4n) is 2.80. The van der Waals surface area contributed by atoms with Crippen LogP contribution in [0.2, 0.25) is 0 Å². The lowest BCUT2D eigenvalue weighted by Crippen LogP contribution is -2.20. The van der Waals surface area contributed by atoms with Crippen LogP contribution in [0.15, 0.2) is 64.0 Å². The van der Waals surface area contributed by atoms with Crippen molar-refractivity contribution in [2.75, 3.05) is 25.2 Å². The molecule has 6 nitrogen and oxygen atoms in total. The molecule has 2 aromatic rings. The number of carbonyl (C=O) groups is 2. The van der Waals surface area contributed by atoms with Crippen molar-refractivity contribution in [1.29, 1.82) is 5.26 Å². The molecule has 0 saturated heterocycles. The lowest BCUT2D eigenvalue weighted by atomic mass is 10.2. The number of carbonyl (C=O) groups excluding carboxylic acids is 2. The quantitative estimate of drug-likeness (QED) is 0.391. The van der Waals surface area contributed by atoms with Gasteiger partial charge in [-0.15, -0.1) is 0 Å². The second-order valence-electron chi connectivity index (χ2n) is 6.37. The number of para-hydroxylation sites is 2. The van der Waals surface area contributed by atoms with E-state index in [2.05, 4.69) is 0 Å². The molecule has 1 aliphatic rings. The number of ketones is 1. The number of ether oxygens (including phenoxy) is 2. The Morgan fingerprint density at radius 3 is 2.59 bits per heavy atom. The van der Waals surface area contributed by atoms with Gasteiger partial charge in [0.1, 0.15) is 22.4 Å². The summed E-state index contributed by atoms with van der Waals surface area (Å²) in [4.78, 5) is 27.2. The molecule has 3 rings (SSSR count). The van der Waals surface area contributed by atoms with Crippen LogP contribution in [-0.4, -0.2) is 32.0 Å². The summed E-state index contributed by atoms with van der Waals surface area (Å²) >= 11 is 1.35. The molecule has 148 valence electrons. The maximum absolute atomic E-state index is 12.5. The summed E-state index contributed by atoms with van der Waals surface area (Å²) in [6.07, 6.45) is 0.0141. The maximum atomic E-state index is 12.5. The van der Waals surface area contributed by atoms with Gasteiger partial charge in [0, 0.05) is 11.9 Å². The molecule has 0 bridgehead atoms. The minimum absolute atomic E-state index is 0.0141. The predicted octanol–water partition coefficient (Wildman–Crippen LogP) is 3.85. The van der Waals surface area contributed by atoms with E-state index in [4.69, 9.17) is 9.47 Å². The average molecular weight is 408 g/mol. The first kappa shape index (κ1) is 20.5. The number of aryl methyl sites for hydroxylation is 1. The molecule has 0 spiro atoms. The van der Waals surface area contributed by atoms with E-state index in [0.29, 0.717) is 10.8 Å². The van der Waals surface area contributed by atoms with Crippen LogP contribution in [-0.2, 0) is 14.3 Å². The molecule has 0 radical (unpaired) electrons. The third-order valence-electron chi connectivity index (χ3n) is 4.36. The number of esters is 1. The summed E-state index contributed by atoms with van der Waals surface area (Å²) in [6, 6.07) is 17.1. The van der Waals surface area contributed by atoms with Crippen LogP contribution in [0.25, 0.3) is 0 Å². The van der Waals surface area contributed by atoms with Gasteiger partial charge in [0.05, 0.1) is 18.7 Å². The van der Waals surface area contributed by atoms with Gasteiger partial charge in [-0.05, 0) is 30.7 Å². The minimum Gasteiger partial charge on any atom is -0.493 e. The molecule has 0 amide bonds. The van der Waals surface area contributed by atoms with E-state index in [0.717, 1.165) is 16.1 Å². The largest absolute Gasteiger partial charge is 0.493 e. The Kier molecular flexibility index (Phi) is 6.57. The molecule has 1 heterocycles. The minimum atomic E-state index is -0.551. The molecule has 0 aliphatic carbocycles. The molecule has 0 saturated carbocycles. The van der Waals surface area contributed by atoms with Crippen molar-refractivity contribution >= 4 is 29.2 Å². The molecule has 0 atom stereocenters. The van der Waals surface area contributed by atoms with Crippen molar-refractivity contribution in [3.8, 4) is 11.8 Å². The van der Waals surface area contributed by atoms with Gasteiger partial charge < -0.3 is 14.4 Å². The Morgan fingerprint density at radius 1 is 1.14 bits per heavy atom. The van der Waals surface area contributed by atoms with Crippen LogP contribution in [0.3, 0.4) is 0 Å². The molecule has 0 aromatic heterocycles. The van der Waals surface area contributed by atoms with Crippen LogP contribution < -0.4 is 9.64 Å². The van der Waals surface area contributed by atoms with E-state index in [1.807, 2.05) is 61.5 Å². The van der Waals surface area contributed by atoms with Gasteiger partial charge in [0.2, 0.25) is 5.78 Å². The summed E-state index contributed by atoms with van der Waals surface area (Å²) in [5, 5.41) is 10.0. The van der Waals surface area contributed by atoms with E-state index in [1.165, 1.54) is 11.8 Å². The van der Waals surface area contributed by atoms with Gasteiger partial charge in [-0.25, -0.2) is 0 Å². The highest BCUT2D eigenvalue weighted by Gasteiger charge is 2.28. The summed E-state index contributed by atoms with van der Waals surface area (Å²) in [5.41, 5.74) is 1.89. The highest BCUT2D eigenvalue weighted by Crippen LogP contribution is 2.46. The van der Waals surface area contributed by atoms with Gasteiger partial charge in [-0.3, -0.25) is 9.59 Å². The zero-order valence-corrected chi connectivity index (χ0v) is 17.0. The van der Waals surface area contributed by atoms with Crippen molar-refractivity contribution in [2.24, 2.45) is 0 Å². The number of nitrogens with zero attached hydrogens (tertiary/aromatic N) is 2. The van der Waals surface area contributed by atoms with Crippen molar-refractivity contribution in [3.05, 3.63) is 64.7 Å². The highest BCUT2D eigenvalue weighted by atomic mass is 32.2. The summed E-state index contributed by atoms with van der Waals surface area (Å²) < 4.78 is 10.6.